The van der Waals surface area contributed by atoms with Crippen LogP contribution in [0.2, 0.25) is 0 Å². The molecule has 3 unspecified atom stereocenters. The number of hydrogen-bond donors (Lipinski definition) is 2. The van der Waals surface area contributed by atoms with Crippen LogP contribution < -0.4 is 4.74 Å². The SMILES string of the molecule is CC(O)c1ccc(F)cc1OC1CCCC1O. The summed E-state index contributed by atoms with van der Waals surface area (Å²) < 4.78 is 18.8. The fourth-order valence-corrected chi connectivity index (χ4v) is 2.16. The van der Waals surface area contributed by atoms with Gasteiger partial charge in [0.1, 0.15) is 17.7 Å². The quantitative estimate of drug-likeness (QED) is 0.851. The van der Waals surface area contributed by atoms with Crippen molar-refractivity contribution in [2.24, 2.45) is 0 Å². The van der Waals surface area contributed by atoms with E-state index >= 15 is 0 Å². The van der Waals surface area contributed by atoms with Crippen molar-refractivity contribution in [1.82, 2.24) is 0 Å². The Morgan fingerprint density at radius 3 is 2.76 bits per heavy atom. The molecule has 1 aromatic rings. The minimum atomic E-state index is -0.718. The van der Waals surface area contributed by atoms with Crippen molar-refractivity contribution in [3.8, 4) is 5.75 Å². The minimum absolute atomic E-state index is 0.297. The van der Waals surface area contributed by atoms with Gasteiger partial charge in [-0.05, 0) is 38.3 Å². The molecular formula is C13H17FO3. The lowest BCUT2D eigenvalue weighted by molar-refractivity contribution is 0.0575. The zero-order valence-corrected chi connectivity index (χ0v) is 9.77. The molecule has 0 radical (unpaired) electrons. The molecule has 1 aliphatic carbocycles. The summed E-state index contributed by atoms with van der Waals surface area (Å²) in [6.45, 7) is 1.60. The van der Waals surface area contributed by atoms with Crippen LogP contribution in [0, 0.1) is 5.82 Å². The normalized spacial score (nSPS) is 25.9. The molecule has 2 N–H and O–H groups in total. The van der Waals surface area contributed by atoms with E-state index in [9.17, 15) is 14.6 Å². The van der Waals surface area contributed by atoms with Crippen molar-refractivity contribution in [2.75, 3.05) is 0 Å². The molecule has 0 amide bonds. The van der Waals surface area contributed by atoms with Gasteiger partial charge in [-0.15, -0.1) is 0 Å². The molecule has 3 atom stereocenters. The van der Waals surface area contributed by atoms with Gasteiger partial charge in [-0.1, -0.05) is 0 Å². The molecule has 1 aromatic carbocycles. The second kappa shape index (κ2) is 5.02. The molecule has 0 spiro atoms. The highest BCUT2D eigenvalue weighted by Gasteiger charge is 2.28. The molecule has 17 heavy (non-hydrogen) atoms. The van der Waals surface area contributed by atoms with Gasteiger partial charge in [0.15, 0.2) is 0 Å². The van der Waals surface area contributed by atoms with Crippen LogP contribution in [0.25, 0.3) is 0 Å². The van der Waals surface area contributed by atoms with E-state index in [2.05, 4.69) is 0 Å². The van der Waals surface area contributed by atoms with Gasteiger partial charge >= 0.3 is 0 Å². The first kappa shape index (κ1) is 12.3. The third-order valence-corrected chi connectivity index (χ3v) is 3.12. The number of ether oxygens (including phenoxy) is 1. The Morgan fingerprint density at radius 2 is 2.18 bits per heavy atom. The smallest absolute Gasteiger partial charge is 0.128 e. The third kappa shape index (κ3) is 2.76. The maximum absolute atomic E-state index is 13.2. The standard InChI is InChI=1S/C13H17FO3/c1-8(15)10-6-5-9(14)7-13(10)17-12-4-2-3-11(12)16/h5-8,11-12,15-16H,2-4H2,1H3. The van der Waals surface area contributed by atoms with Crippen LogP contribution in [0.5, 0.6) is 5.75 Å². The number of benzene rings is 1. The van der Waals surface area contributed by atoms with E-state index in [-0.39, 0.29) is 6.10 Å². The molecule has 4 heteroatoms. The molecule has 1 saturated carbocycles. The van der Waals surface area contributed by atoms with Crippen molar-refractivity contribution in [1.29, 1.82) is 0 Å². The van der Waals surface area contributed by atoms with E-state index < -0.39 is 18.0 Å². The summed E-state index contributed by atoms with van der Waals surface area (Å²) in [5.41, 5.74) is 0.547. The Labute approximate surface area is 99.8 Å². The van der Waals surface area contributed by atoms with Gasteiger partial charge < -0.3 is 14.9 Å². The van der Waals surface area contributed by atoms with E-state index in [0.29, 0.717) is 17.7 Å². The Hall–Kier alpha value is -1.13. The summed E-state index contributed by atoms with van der Waals surface area (Å²) in [7, 11) is 0. The summed E-state index contributed by atoms with van der Waals surface area (Å²) in [5.74, 6) is -0.0807. The van der Waals surface area contributed by atoms with E-state index in [1.165, 1.54) is 18.2 Å². The molecule has 0 bridgehead atoms. The minimum Gasteiger partial charge on any atom is -0.487 e. The highest BCUT2D eigenvalue weighted by Crippen LogP contribution is 2.30. The monoisotopic (exact) mass is 240 g/mol. The molecule has 3 nitrogen and oxygen atoms in total. The Bertz CT molecular complexity index is 392. The Balaban J connectivity index is 2.21. The first-order chi connectivity index (χ1) is 8.08. The van der Waals surface area contributed by atoms with Crippen molar-refractivity contribution in [2.45, 2.75) is 44.5 Å². The van der Waals surface area contributed by atoms with Crippen LogP contribution in [0.4, 0.5) is 4.39 Å². The van der Waals surface area contributed by atoms with Gasteiger partial charge in [0.05, 0.1) is 12.2 Å². The van der Waals surface area contributed by atoms with Crippen LogP contribution in [0.1, 0.15) is 37.9 Å². The van der Waals surface area contributed by atoms with Gasteiger partial charge in [-0.25, -0.2) is 4.39 Å². The topological polar surface area (TPSA) is 49.7 Å². The van der Waals surface area contributed by atoms with E-state index in [1.54, 1.807) is 6.92 Å². The molecule has 1 aliphatic rings. The van der Waals surface area contributed by atoms with Crippen molar-refractivity contribution in [3.63, 3.8) is 0 Å². The average Bonchev–Trinajstić information content (AvgIpc) is 2.64. The lowest BCUT2D eigenvalue weighted by Gasteiger charge is -2.20. The number of aliphatic hydroxyl groups excluding tert-OH is 2. The van der Waals surface area contributed by atoms with Crippen LogP contribution in [0.3, 0.4) is 0 Å². The van der Waals surface area contributed by atoms with Crippen molar-refractivity contribution >= 4 is 0 Å². The van der Waals surface area contributed by atoms with Gasteiger partial charge in [0.2, 0.25) is 0 Å². The van der Waals surface area contributed by atoms with E-state index in [1.807, 2.05) is 0 Å². The predicted molar refractivity (Wildman–Crippen MR) is 61.3 cm³/mol. The van der Waals surface area contributed by atoms with Crippen LogP contribution in [-0.2, 0) is 0 Å². The second-order valence-electron chi connectivity index (χ2n) is 4.51. The van der Waals surface area contributed by atoms with E-state index in [0.717, 1.165) is 12.8 Å². The molecule has 0 saturated heterocycles. The van der Waals surface area contributed by atoms with Crippen LogP contribution in [0.15, 0.2) is 18.2 Å². The molecule has 0 heterocycles. The molecule has 0 aliphatic heterocycles. The fourth-order valence-electron chi connectivity index (χ4n) is 2.16. The van der Waals surface area contributed by atoms with Crippen molar-refractivity contribution < 1.29 is 19.3 Å². The fraction of sp³-hybridized carbons (Fsp3) is 0.538. The number of halogens is 1. The maximum Gasteiger partial charge on any atom is 0.128 e. The summed E-state index contributed by atoms with van der Waals surface area (Å²) in [6.07, 6.45) is 0.866. The lowest BCUT2D eigenvalue weighted by Crippen LogP contribution is -2.26. The highest BCUT2D eigenvalue weighted by molar-refractivity contribution is 5.35. The first-order valence-electron chi connectivity index (χ1n) is 5.90. The molecule has 0 aromatic heterocycles. The molecule has 94 valence electrons. The average molecular weight is 240 g/mol. The molecule has 2 rings (SSSR count). The number of rotatable bonds is 3. The van der Waals surface area contributed by atoms with Crippen LogP contribution in [-0.4, -0.2) is 22.4 Å². The second-order valence-corrected chi connectivity index (χ2v) is 4.51. The lowest BCUT2D eigenvalue weighted by atomic mass is 10.1. The summed E-state index contributed by atoms with van der Waals surface area (Å²) in [4.78, 5) is 0. The van der Waals surface area contributed by atoms with Crippen molar-refractivity contribution in [3.05, 3.63) is 29.6 Å². The van der Waals surface area contributed by atoms with E-state index in [4.69, 9.17) is 4.74 Å². The number of hydrogen-bond acceptors (Lipinski definition) is 3. The van der Waals surface area contributed by atoms with Gasteiger partial charge in [0.25, 0.3) is 0 Å². The zero-order chi connectivity index (χ0) is 12.4. The first-order valence-corrected chi connectivity index (χ1v) is 5.90. The summed E-state index contributed by atoms with van der Waals surface area (Å²) in [6, 6.07) is 4.06. The molecule has 1 fully saturated rings. The highest BCUT2D eigenvalue weighted by atomic mass is 19.1. The Kier molecular flexibility index (Phi) is 3.64. The Morgan fingerprint density at radius 1 is 1.41 bits per heavy atom. The number of aliphatic hydroxyl groups is 2. The molecular weight excluding hydrogens is 223 g/mol. The summed E-state index contributed by atoms with van der Waals surface area (Å²) in [5, 5.41) is 19.2. The third-order valence-electron chi connectivity index (χ3n) is 3.12. The van der Waals surface area contributed by atoms with Gasteiger partial charge in [0, 0.05) is 11.6 Å². The van der Waals surface area contributed by atoms with Gasteiger partial charge in [-0.2, -0.15) is 0 Å². The largest absolute Gasteiger partial charge is 0.487 e. The maximum atomic E-state index is 13.2. The van der Waals surface area contributed by atoms with Gasteiger partial charge in [-0.3, -0.25) is 0 Å². The summed E-state index contributed by atoms with van der Waals surface area (Å²) >= 11 is 0. The van der Waals surface area contributed by atoms with Crippen LogP contribution >= 0.6 is 0 Å². The zero-order valence-electron chi connectivity index (χ0n) is 9.77. The predicted octanol–water partition coefficient (Wildman–Crippen LogP) is 2.17.